The van der Waals surface area contributed by atoms with Gasteiger partial charge >= 0.3 is 0 Å². The molecule has 0 saturated heterocycles. The molecular formula is C12H16BrN. The predicted octanol–water partition coefficient (Wildman–Crippen LogP) is 3.22. The van der Waals surface area contributed by atoms with Crippen molar-refractivity contribution in [2.24, 2.45) is 5.73 Å². The van der Waals surface area contributed by atoms with E-state index in [1.807, 2.05) is 0 Å². The number of nitrogens with two attached hydrogens (primary N) is 1. The van der Waals surface area contributed by atoms with Crippen molar-refractivity contribution in [3.63, 3.8) is 0 Å². The highest BCUT2D eigenvalue weighted by Gasteiger charge is 2.24. The van der Waals surface area contributed by atoms with Crippen molar-refractivity contribution in [2.75, 3.05) is 0 Å². The van der Waals surface area contributed by atoms with Gasteiger partial charge < -0.3 is 5.73 Å². The maximum atomic E-state index is 6.03. The van der Waals surface area contributed by atoms with Gasteiger partial charge in [0.1, 0.15) is 0 Å². The van der Waals surface area contributed by atoms with Gasteiger partial charge in [-0.25, -0.2) is 0 Å². The van der Waals surface area contributed by atoms with Crippen LogP contribution in [0.15, 0.2) is 22.7 Å². The summed E-state index contributed by atoms with van der Waals surface area (Å²) in [6.45, 7) is 2.11. The fraction of sp³-hybridized carbons (Fsp3) is 0.500. The molecule has 2 unspecified atom stereocenters. The van der Waals surface area contributed by atoms with E-state index in [9.17, 15) is 0 Å². The van der Waals surface area contributed by atoms with Gasteiger partial charge in [0.2, 0.25) is 0 Å². The largest absolute Gasteiger partial charge is 0.327 e. The number of rotatable bonds is 1. The third kappa shape index (κ3) is 1.73. The van der Waals surface area contributed by atoms with Gasteiger partial charge in [-0.05, 0) is 43.4 Å². The molecule has 1 aromatic rings. The monoisotopic (exact) mass is 253 g/mol. The molecule has 14 heavy (non-hydrogen) atoms. The van der Waals surface area contributed by atoms with Gasteiger partial charge in [0.25, 0.3) is 0 Å². The van der Waals surface area contributed by atoms with E-state index in [0.717, 1.165) is 0 Å². The van der Waals surface area contributed by atoms with Crippen LogP contribution in [0.2, 0.25) is 0 Å². The van der Waals surface area contributed by atoms with Gasteiger partial charge in [0, 0.05) is 16.4 Å². The van der Waals surface area contributed by atoms with E-state index < -0.39 is 0 Å². The van der Waals surface area contributed by atoms with Crippen LogP contribution in [0.3, 0.4) is 0 Å². The SMILES string of the molecule is CC(N)C1CCCc2cccc(Br)c21. The highest BCUT2D eigenvalue weighted by Crippen LogP contribution is 2.37. The number of fused-ring (bicyclic) bond motifs is 1. The van der Waals surface area contributed by atoms with Crippen molar-refractivity contribution >= 4 is 15.9 Å². The zero-order valence-corrected chi connectivity index (χ0v) is 10.0. The first-order chi connectivity index (χ1) is 6.70. The summed E-state index contributed by atoms with van der Waals surface area (Å²) >= 11 is 3.64. The summed E-state index contributed by atoms with van der Waals surface area (Å²) in [6.07, 6.45) is 3.71. The van der Waals surface area contributed by atoms with Crippen LogP contribution >= 0.6 is 15.9 Å². The first-order valence-corrected chi connectivity index (χ1v) is 6.02. The third-order valence-electron chi connectivity index (χ3n) is 3.11. The Morgan fingerprint density at radius 3 is 3.00 bits per heavy atom. The summed E-state index contributed by atoms with van der Waals surface area (Å²) < 4.78 is 1.23. The standard InChI is InChI=1S/C12H16BrN/c1-8(14)10-6-2-4-9-5-3-7-11(13)12(9)10/h3,5,7-8,10H,2,4,6,14H2,1H3. The Hall–Kier alpha value is -0.340. The zero-order chi connectivity index (χ0) is 10.1. The van der Waals surface area contributed by atoms with Gasteiger partial charge in [0.15, 0.2) is 0 Å². The van der Waals surface area contributed by atoms with E-state index >= 15 is 0 Å². The van der Waals surface area contributed by atoms with E-state index in [2.05, 4.69) is 41.1 Å². The summed E-state index contributed by atoms with van der Waals surface area (Å²) in [7, 11) is 0. The molecule has 76 valence electrons. The van der Waals surface area contributed by atoms with Gasteiger partial charge in [-0.15, -0.1) is 0 Å². The molecule has 1 aliphatic rings. The molecule has 0 heterocycles. The average molecular weight is 254 g/mol. The number of hydrogen-bond acceptors (Lipinski definition) is 1. The minimum atomic E-state index is 0.257. The predicted molar refractivity (Wildman–Crippen MR) is 63.5 cm³/mol. The molecule has 0 radical (unpaired) electrons. The van der Waals surface area contributed by atoms with Gasteiger partial charge in [-0.2, -0.15) is 0 Å². The molecule has 2 rings (SSSR count). The van der Waals surface area contributed by atoms with Crippen LogP contribution in [0.4, 0.5) is 0 Å². The van der Waals surface area contributed by atoms with Crippen LogP contribution < -0.4 is 5.73 Å². The first-order valence-electron chi connectivity index (χ1n) is 5.23. The molecule has 0 amide bonds. The van der Waals surface area contributed by atoms with Crippen molar-refractivity contribution in [3.8, 4) is 0 Å². The van der Waals surface area contributed by atoms with E-state index in [4.69, 9.17) is 5.73 Å². The van der Waals surface area contributed by atoms with Gasteiger partial charge in [-0.1, -0.05) is 28.1 Å². The molecule has 1 aromatic carbocycles. The second kappa shape index (κ2) is 4.03. The Balaban J connectivity index is 2.47. The van der Waals surface area contributed by atoms with Crippen molar-refractivity contribution in [1.82, 2.24) is 0 Å². The molecule has 2 heteroatoms. The minimum Gasteiger partial charge on any atom is -0.327 e. The van der Waals surface area contributed by atoms with Gasteiger partial charge in [-0.3, -0.25) is 0 Å². The fourth-order valence-electron chi connectivity index (χ4n) is 2.40. The Kier molecular flexibility index (Phi) is 2.93. The maximum absolute atomic E-state index is 6.03. The number of hydrogen-bond donors (Lipinski definition) is 1. The molecule has 0 bridgehead atoms. The molecule has 1 nitrogen and oxygen atoms in total. The lowest BCUT2D eigenvalue weighted by Crippen LogP contribution is -2.28. The minimum absolute atomic E-state index is 0.257. The lowest BCUT2D eigenvalue weighted by Gasteiger charge is -2.29. The lowest BCUT2D eigenvalue weighted by molar-refractivity contribution is 0.483. The van der Waals surface area contributed by atoms with Crippen LogP contribution in [-0.2, 0) is 6.42 Å². The summed E-state index contributed by atoms with van der Waals surface area (Å²) in [5.74, 6) is 0.536. The van der Waals surface area contributed by atoms with E-state index in [1.54, 1.807) is 0 Å². The molecule has 1 aliphatic carbocycles. The highest BCUT2D eigenvalue weighted by atomic mass is 79.9. The lowest BCUT2D eigenvalue weighted by atomic mass is 9.79. The van der Waals surface area contributed by atoms with Crippen molar-refractivity contribution in [1.29, 1.82) is 0 Å². The van der Waals surface area contributed by atoms with Crippen molar-refractivity contribution in [2.45, 2.75) is 38.1 Å². The van der Waals surface area contributed by atoms with E-state index in [-0.39, 0.29) is 6.04 Å². The van der Waals surface area contributed by atoms with E-state index in [1.165, 1.54) is 34.9 Å². The smallest absolute Gasteiger partial charge is 0.0213 e. The Bertz CT molecular complexity index is 333. The Labute approximate surface area is 93.8 Å². The summed E-state index contributed by atoms with van der Waals surface area (Å²) in [5, 5.41) is 0. The van der Waals surface area contributed by atoms with Crippen LogP contribution in [0.1, 0.15) is 36.8 Å². The number of aryl methyl sites for hydroxylation is 1. The summed E-state index contributed by atoms with van der Waals surface area (Å²) in [5.41, 5.74) is 8.96. The molecule has 0 aliphatic heterocycles. The quantitative estimate of drug-likeness (QED) is 0.818. The second-order valence-electron chi connectivity index (χ2n) is 4.17. The molecule has 0 spiro atoms. The van der Waals surface area contributed by atoms with E-state index in [0.29, 0.717) is 5.92 Å². The highest BCUT2D eigenvalue weighted by molar-refractivity contribution is 9.10. The molecule has 0 aromatic heterocycles. The fourth-order valence-corrected chi connectivity index (χ4v) is 3.10. The molecule has 0 saturated carbocycles. The topological polar surface area (TPSA) is 26.0 Å². The number of halogens is 1. The number of benzene rings is 1. The van der Waals surface area contributed by atoms with Crippen LogP contribution in [-0.4, -0.2) is 6.04 Å². The summed E-state index contributed by atoms with van der Waals surface area (Å²) in [6, 6.07) is 6.73. The Morgan fingerprint density at radius 1 is 1.50 bits per heavy atom. The van der Waals surface area contributed by atoms with Crippen LogP contribution in [0, 0.1) is 0 Å². The summed E-state index contributed by atoms with van der Waals surface area (Å²) in [4.78, 5) is 0. The van der Waals surface area contributed by atoms with Crippen LogP contribution in [0.25, 0.3) is 0 Å². The van der Waals surface area contributed by atoms with Gasteiger partial charge in [0.05, 0.1) is 0 Å². The third-order valence-corrected chi connectivity index (χ3v) is 3.80. The average Bonchev–Trinajstić information content (AvgIpc) is 2.17. The molecular weight excluding hydrogens is 238 g/mol. The molecule has 2 N–H and O–H groups in total. The van der Waals surface area contributed by atoms with Crippen LogP contribution in [0.5, 0.6) is 0 Å². The second-order valence-corrected chi connectivity index (χ2v) is 5.02. The maximum Gasteiger partial charge on any atom is 0.0213 e. The van der Waals surface area contributed by atoms with Crippen molar-refractivity contribution in [3.05, 3.63) is 33.8 Å². The normalized spacial score (nSPS) is 22.9. The molecule has 2 atom stereocenters. The first kappa shape index (κ1) is 10.2. The zero-order valence-electron chi connectivity index (χ0n) is 8.46. The Morgan fingerprint density at radius 2 is 2.29 bits per heavy atom. The molecule has 0 fully saturated rings. The van der Waals surface area contributed by atoms with Crippen molar-refractivity contribution < 1.29 is 0 Å².